The molecule has 2 aliphatic heterocycles. The highest BCUT2D eigenvalue weighted by Crippen LogP contribution is 2.32. The fraction of sp³-hybridized carbons (Fsp3) is 0.538. The number of nitrogens with zero attached hydrogens (tertiary/aromatic N) is 3. The van der Waals surface area contributed by atoms with Gasteiger partial charge in [0.2, 0.25) is 0 Å². The van der Waals surface area contributed by atoms with Gasteiger partial charge < -0.3 is 10.2 Å². The van der Waals surface area contributed by atoms with Crippen molar-refractivity contribution >= 4 is 34.0 Å². The maximum absolute atomic E-state index is 13.8. The summed E-state index contributed by atoms with van der Waals surface area (Å²) >= 11 is 1.78. The lowest BCUT2D eigenvalue weighted by Gasteiger charge is -2.43. The van der Waals surface area contributed by atoms with Crippen LogP contribution in [0.2, 0.25) is 0 Å². The summed E-state index contributed by atoms with van der Waals surface area (Å²) in [5, 5.41) is 14.4. The van der Waals surface area contributed by atoms with E-state index in [2.05, 4.69) is 10.2 Å². The molecule has 0 unspecified atom stereocenters. The summed E-state index contributed by atoms with van der Waals surface area (Å²) in [6.45, 7) is 5.12. The second kappa shape index (κ2) is 6.01. The predicted molar refractivity (Wildman–Crippen MR) is 86.2 cm³/mol. The molecule has 0 saturated carbocycles. The molecule has 1 aromatic rings. The van der Waals surface area contributed by atoms with E-state index in [-0.39, 0.29) is 9.26 Å². The van der Waals surface area contributed by atoms with Crippen LogP contribution in [0.15, 0.2) is 12.1 Å². The fourth-order valence-electron chi connectivity index (χ4n) is 2.78. The lowest BCUT2D eigenvalue weighted by atomic mass is 10.1. The Labute approximate surface area is 135 Å². The second-order valence-corrected chi connectivity index (χ2v) is 6.51. The van der Waals surface area contributed by atoms with Crippen LogP contribution in [0.5, 0.6) is 0 Å². The quantitative estimate of drug-likeness (QED) is 0.468. The molecule has 0 aliphatic carbocycles. The summed E-state index contributed by atoms with van der Waals surface area (Å²) in [5.74, 6) is -0.401. The van der Waals surface area contributed by atoms with Crippen molar-refractivity contribution in [2.24, 2.45) is 0 Å². The van der Waals surface area contributed by atoms with Crippen molar-refractivity contribution in [2.75, 3.05) is 44.2 Å². The molecule has 1 aromatic carbocycles. The van der Waals surface area contributed by atoms with Crippen molar-refractivity contribution in [3.05, 3.63) is 31.6 Å². The summed E-state index contributed by atoms with van der Waals surface area (Å²) in [4.78, 5) is 15.1. The highest BCUT2D eigenvalue weighted by molar-refractivity contribution is 14.1. The van der Waals surface area contributed by atoms with Crippen LogP contribution in [0.1, 0.15) is 0 Å². The molecule has 8 heteroatoms. The van der Waals surface area contributed by atoms with Crippen molar-refractivity contribution in [1.82, 2.24) is 10.2 Å². The minimum absolute atomic E-state index is 0.0143. The van der Waals surface area contributed by atoms with E-state index in [1.165, 1.54) is 12.1 Å². The maximum Gasteiger partial charge on any atom is 0.293 e. The monoisotopic (exact) mass is 406 g/mol. The van der Waals surface area contributed by atoms with E-state index in [4.69, 9.17) is 0 Å². The number of nitro benzene ring substituents is 1. The Morgan fingerprint density at radius 3 is 2.48 bits per heavy atom. The van der Waals surface area contributed by atoms with Crippen LogP contribution >= 0.6 is 22.6 Å². The molecule has 2 aliphatic rings. The molecule has 0 spiro atoms. The largest absolute Gasteiger partial charge is 0.363 e. The van der Waals surface area contributed by atoms with Crippen LogP contribution in [0.25, 0.3) is 0 Å². The molecule has 0 amide bonds. The number of nitrogens with one attached hydrogen (secondary N) is 1. The van der Waals surface area contributed by atoms with E-state index < -0.39 is 10.7 Å². The first-order chi connectivity index (χ1) is 10.1. The highest BCUT2D eigenvalue weighted by Gasteiger charge is 2.30. The Morgan fingerprint density at radius 2 is 1.95 bits per heavy atom. The minimum atomic E-state index is -0.431. The predicted octanol–water partition coefficient (Wildman–Crippen LogP) is 1.43. The number of anilines is 1. The molecule has 114 valence electrons. The molecule has 0 atom stereocenters. The van der Waals surface area contributed by atoms with Crippen molar-refractivity contribution in [3.63, 3.8) is 0 Å². The first kappa shape index (κ1) is 14.9. The summed E-state index contributed by atoms with van der Waals surface area (Å²) in [6.07, 6.45) is 0. The number of benzene rings is 1. The molecule has 2 saturated heterocycles. The van der Waals surface area contributed by atoms with E-state index in [0.29, 0.717) is 24.8 Å². The smallest absolute Gasteiger partial charge is 0.293 e. The lowest BCUT2D eigenvalue weighted by Crippen LogP contribution is -2.61. The van der Waals surface area contributed by atoms with Gasteiger partial charge in [0.05, 0.1) is 8.49 Å². The van der Waals surface area contributed by atoms with Gasteiger partial charge in [0.1, 0.15) is 11.5 Å². The van der Waals surface area contributed by atoms with E-state index in [9.17, 15) is 14.5 Å². The average Bonchev–Trinajstić information content (AvgIpc) is 2.40. The molecule has 2 fully saturated rings. The third-order valence-electron chi connectivity index (χ3n) is 4.15. The zero-order chi connectivity index (χ0) is 15.0. The van der Waals surface area contributed by atoms with E-state index >= 15 is 0 Å². The Morgan fingerprint density at radius 1 is 1.29 bits per heavy atom. The maximum atomic E-state index is 13.8. The molecule has 1 N–H and O–H groups in total. The van der Waals surface area contributed by atoms with Gasteiger partial charge in [0.15, 0.2) is 0 Å². The van der Waals surface area contributed by atoms with E-state index in [0.717, 1.165) is 26.2 Å². The van der Waals surface area contributed by atoms with E-state index in [1.54, 1.807) is 22.6 Å². The third kappa shape index (κ3) is 2.97. The van der Waals surface area contributed by atoms with Gasteiger partial charge >= 0.3 is 0 Å². The summed E-state index contributed by atoms with van der Waals surface area (Å²) in [6, 6.07) is 3.18. The number of nitro groups is 1. The Kier molecular flexibility index (Phi) is 4.27. The zero-order valence-electron chi connectivity index (χ0n) is 11.4. The lowest BCUT2D eigenvalue weighted by molar-refractivity contribution is -0.384. The summed E-state index contributed by atoms with van der Waals surface area (Å²) in [5.41, 5.74) is 0.379. The molecular formula is C13H16FIN4O2. The number of rotatable bonds is 3. The van der Waals surface area contributed by atoms with Crippen LogP contribution < -0.4 is 10.2 Å². The normalized spacial score (nSPS) is 20.4. The molecule has 3 rings (SSSR count). The fourth-order valence-corrected chi connectivity index (χ4v) is 3.24. The van der Waals surface area contributed by atoms with Crippen LogP contribution in [0.4, 0.5) is 15.8 Å². The molecule has 0 radical (unpaired) electrons. The second-order valence-electron chi connectivity index (χ2n) is 5.35. The zero-order valence-corrected chi connectivity index (χ0v) is 13.5. The third-order valence-corrected chi connectivity index (χ3v) is 4.97. The van der Waals surface area contributed by atoms with Crippen LogP contribution in [0.3, 0.4) is 0 Å². The number of hydrogen-bond donors (Lipinski definition) is 1. The Balaban J connectivity index is 1.77. The standard InChI is InChI=1S/C13H16FIN4O2/c14-10-5-12(13(19(20)21)6-11(10)15)18-3-1-17(2-4-18)9-7-16-8-9/h5-6,9,16H,1-4,7-8H2. The van der Waals surface area contributed by atoms with Crippen LogP contribution in [0, 0.1) is 19.5 Å². The SMILES string of the molecule is O=[N+]([O-])c1cc(I)c(F)cc1N1CCN(C2CNC2)CC1. The number of piperazine rings is 1. The van der Waals surface area contributed by atoms with Gasteiger partial charge in [0.25, 0.3) is 5.69 Å². The highest BCUT2D eigenvalue weighted by atomic mass is 127. The van der Waals surface area contributed by atoms with Crippen molar-refractivity contribution in [2.45, 2.75) is 6.04 Å². The first-order valence-corrected chi connectivity index (χ1v) is 7.97. The Hall–Kier alpha value is -1.00. The van der Waals surface area contributed by atoms with Gasteiger partial charge in [-0.2, -0.15) is 0 Å². The summed E-state index contributed by atoms with van der Waals surface area (Å²) < 4.78 is 14.1. The first-order valence-electron chi connectivity index (χ1n) is 6.89. The van der Waals surface area contributed by atoms with Crippen molar-refractivity contribution in [1.29, 1.82) is 0 Å². The number of hydrogen-bond acceptors (Lipinski definition) is 5. The summed E-state index contributed by atoms with van der Waals surface area (Å²) in [7, 11) is 0. The van der Waals surface area contributed by atoms with Crippen molar-refractivity contribution in [3.8, 4) is 0 Å². The Bertz CT molecular complexity index is 559. The van der Waals surface area contributed by atoms with Gasteiger partial charge in [0, 0.05) is 57.4 Å². The van der Waals surface area contributed by atoms with Crippen LogP contribution in [-0.2, 0) is 0 Å². The topological polar surface area (TPSA) is 61.7 Å². The van der Waals surface area contributed by atoms with Gasteiger partial charge in [-0.15, -0.1) is 0 Å². The molecular weight excluding hydrogens is 390 g/mol. The van der Waals surface area contributed by atoms with Crippen LogP contribution in [-0.4, -0.2) is 55.1 Å². The molecule has 6 nitrogen and oxygen atoms in total. The van der Waals surface area contributed by atoms with Gasteiger partial charge in [-0.05, 0) is 22.6 Å². The van der Waals surface area contributed by atoms with E-state index in [1.807, 2.05) is 4.90 Å². The molecule has 0 aromatic heterocycles. The molecule has 21 heavy (non-hydrogen) atoms. The van der Waals surface area contributed by atoms with Gasteiger partial charge in [-0.1, -0.05) is 0 Å². The average molecular weight is 406 g/mol. The van der Waals surface area contributed by atoms with Crippen molar-refractivity contribution < 1.29 is 9.31 Å². The number of halogens is 2. The minimum Gasteiger partial charge on any atom is -0.363 e. The molecule has 0 bridgehead atoms. The van der Waals surface area contributed by atoms with Gasteiger partial charge in [-0.3, -0.25) is 15.0 Å². The molecule has 2 heterocycles. The van der Waals surface area contributed by atoms with Gasteiger partial charge in [-0.25, -0.2) is 4.39 Å².